The first-order valence-corrected chi connectivity index (χ1v) is 33.9. The topological polar surface area (TPSA) is 285 Å². The SMILES string of the molecule is CC1(C)C(/C=C/C=C/C=C2\N(CCCS(=O)(=O)O)c3ccc(S(=O)(=O)O)cc3C2(C)CCCCCC(=O)NCCCCCNC(=O)CCCc2ccc(N(CCCl)CCCl)cc2)=[N+](CCCS(=O)(=O)O)c2ccc(S(=O)(=O)O)cc21. The molecule has 0 aliphatic carbocycles. The zero-order valence-electron chi connectivity index (χ0n) is 45.5. The third-order valence-electron chi connectivity index (χ3n) is 14.4. The van der Waals surface area contributed by atoms with Crippen molar-refractivity contribution in [2.75, 3.05) is 72.3 Å². The van der Waals surface area contributed by atoms with Crippen molar-refractivity contribution in [2.45, 2.75) is 125 Å². The number of unbranched alkanes of at least 4 members (excludes halogenated alkanes) is 4. The van der Waals surface area contributed by atoms with Crippen molar-refractivity contribution < 1.29 is 66.0 Å². The van der Waals surface area contributed by atoms with E-state index in [2.05, 4.69) is 39.8 Å². The number of alkyl halides is 2. The highest BCUT2D eigenvalue weighted by Crippen LogP contribution is 2.51. The summed E-state index contributed by atoms with van der Waals surface area (Å²) in [5.74, 6) is -0.129. The van der Waals surface area contributed by atoms with E-state index in [0.717, 1.165) is 43.4 Å². The summed E-state index contributed by atoms with van der Waals surface area (Å²) in [7, 11) is -17.8. The Morgan fingerprint density at radius 3 is 1.80 bits per heavy atom. The van der Waals surface area contributed by atoms with Crippen LogP contribution >= 0.6 is 23.2 Å². The van der Waals surface area contributed by atoms with Crippen LogP contribution < -0.4 is 20.4 Å². The molecule has 0 bridgehead atoms. The molecular weight excluding hydrogens is 1150 g/mol. The van der Waals surface area contributed by atoms with Crippen molar-refractivity contribution in [3.8, 4) is 0 Å². The van der Waals surface area contributed by atoms with Gasteiger partial charge >= 0.3 is 0 Å². The number of rotatable bonds is 34. The summed E-state index contributed by atoms with van der Waals surface area (Å²) in [6.45, 7) is 8.32. The van der Waals surface area contributed by atoms with Gasteiger partial charge in [0.15, 0.2) is 5.71 Å². The Bertz CT molecular complexity index is 3240. The van der Waals surface area contributed by atoms with E-state index in [9.17, 15) is 61.5 Å². The number of carbonyl (C=O) groups excluding carboxylic acids is 2. The summed E-state index contributed by atoms with van der Waals surface area (Å²) in [6, 6.07) is 16.6. The predicted octanol–water partition coefficient (Wildman–Crippen LogP) is 8.55. The predicted molar refractivity (Wildman–Crippen MR) is 314 cm³/mol. The molecule has 2 aliphatic rings. The average molecular weight is 1230 g/mol. The van der Waals surface area contributed by atoms with Crippen LogP contribution in [0.4, 0.5) is 17.1 Å². The first-order valence-electron chi connectivity index (χ1n) is 26.7. The molecule has 0 fully saturated rings. The Morgan fingerprint density at radius 1 is 0.650 bits per heavy atom. The van der Waals surface area contributed by atoms with E-state index in [-0.39, 0.29) is 54.0 Å². The lowest BCUT2D eigenvalue weighted by Crippen LogP contribution is -2.30. The molecule has 0 aromatic heterocycles. The highest BCUT2D eigenvalue weighted by Gasteiger charge is 2.46. The molecule has 0 spiro atoms. The molecule has 5 rings (SSSR count). The minimum Gasteiger partial charge on any atom is -0.369 e. The van der Waals surface area contributed by atoms with Crippen molar-refractivity contribution in [1.82, 2.24) is 10.6 Å². The molecule has 0 saturated carbocycles. The number of anilines is 2. The molecule has 6 N–H and O–H groups in total. The quantitative estimate of drug-likeness (QED) is 0.0107. The number of hydrogen-bond donors (Lipinski definition) is 6. The van der Waals surface area contributed by atoms with Gasteiger partial charge in [0, 0.05) is 104 Å². The lowest BCUT2D eigenvalue weighted by atomic mass is 9.77. The van der Waals surface area contributed by atoms with Crippen LogP contribution in [0, 0.1) is 0 Å². The van der Waals surface area contributed by atoms with Gasteiger partial charge in [0.25, 0.3) is 40.5 Å². The van der Waals surface area contributed by atoms with E-state index >= 15 is 0 Å². The van der Waals surface area contributed by atoms with Crippen LogP contribution in [0.1, 0.15) is 115 Å². The van der Waals surface area contributed by atoms with Crippen molar-refractivity contribution >= 4 is 98.3 Å². The highest BCUT2D eigenvalue weighted by molar-refractivity contribution is 7.86. The van der Waals surface area contributed by atoms with Gasteiger partial charge in [0.2, 0.25) is 17.5 Å². The average Bonchev–Trinajstić information content (AvgIpc) is 3.98. The summed E-state index contributed by atoms with van der Waals surface area (Å²) < 4.78 is 137. The van der Waals surface area contributed by atoms with E-state index in [4.69, 9.17) is 23.2 Å². The molecule has 2 amide bonds. The number of nitrogens with one attached hydrogen (secondary N) is 2. The van der Waals surface area contributed by atoms with E-state index in [1.54, 1.807) is 36.4 Å². The Kier molecular flexibility index (Phi) is 24.4. The summed E-state index contributed by atoms with van der Waals surface area (Å²) in [5.41, 5.74) is 4.03. The van der Waals surface area contributed by atoms with Crippen LogP contribution in [-0.2, 0) is 67.3 Å². The zero-order chi connectivity index (χ0) is 58.9. The maximum Gasteiger partial charge on any atom is 0.294 e. The number of carbonyl (C=O) groups is 2. The van der Waals surface area contributed by atoms with Gasteiger partial charge in [-0.25, -0.2) is 0 Å². The van der Waals surface area contributed by atoms with E-state index in [1.807, 2.05) is 30.2 Å². The van der Waals surface area contributed by atoms with Gasteiger partial charge < -0.3 is 20.4 Å². The zero-order valence-corrected chi connectivity index (χ0v) is 50.3. The van der Waals surface area contributed by atoms with Gasteiger partial charge in [-0.1, -0.05) is 43.2 Å². The van der Waals surface area contributed by atoms with Gasteiger partial charge in [-0.3, -0.25) is 27.8 Å². The molecule has 19 nitrogen and oxygen atoms in total. The smallest absolute Gasteiger partial charge is 0.294 e. The van der Waals surface area contributed by atoms with Gasteiger partial charge in [-0.05, 0) is 132 Å². The van der Waals surface area contributed by atoms with Crippen molar-refractivity contribution in [3.63, 3.8) is 0 Å². The number of halogens is 2. The molecule has 1 atom stereocenters. The number of amides is 2. The number of hydrogen-bond acceptors (Lipinski definition) is 12. The lowest BCUT2D eigenvalue weighted by molar-refractivity contribution is -0.437. The molecule has 3 aromatic rings. The number of nitrogens with zero attached hydrogens (tertiary/aromatic N) is 3. The minimum absolute atomic E-state index is 0.00513. The van der Waals surface area contributed by atoms with Crippen LogP contribution in [0.5, 0.6) is 0 Å². The van der Waals surface area contributed by atoms with Crippen molar-refractivity contribution in [2.24, 2.45) is 0 Å². The van der Waals surface area contributed by atoms with E-state index in [1.165, 1.54) is 30.3 Å². The Hall–Kier alpha value is -4.69. The summed E-state index contributed by atoms with van der Waals surface area (Å²) in [5, 5.41) is 5.95. The molecule has 0 radical (unpaired) electrons. The van der Waals surface area contributed by atoms with Crippen LogP contribution in [0.3, 0.4) is 0 Å². The Labute approximate surface area is 482 Å². The van der Waals surface area contributed by atoms with E-state index < -0.39 is 62.8 Å². The molecule has 0 saturated heterocycles. The maximum atomic E-state index is 12.8. The third-order valence-corrected chi connectivity index (χ3v) is 18.1. The second kappa shape index (κ2) is 29.5. The fourth-order valence-electron chi connectivity index (χ4n) is 10.3. The van der Waals surface area contributed by atoms with Gasteiger partial charge in [0.05, 0.1) is 26.7 Å². The number of benzene rings is 3. The van der Waals surface area contributed by atoms with Gasteiger partial charge in [-0.15, -0.1) is 23.2 Å². The molecule has 25 heteroatoms. The number of allylic oxidation sites excluding steroid dienone is 6. The molecular formula is C55H76Cl2N5O14S4+. The summed E-state index contributed by atoms with van der Waals surface area (Å²) in [6.07, 6.45) is 15.6. The second-order valence-electron chi connectivity index (χ2n) is 20.7. The van der Waals surface area contributed by atoms with Gasteiger partial charge in [-0.2, -0.15) is 38.2 Å². The first-order chi connectivity index (χ1) is 37.6. The van der Waals surface area contributed by atoms with Crippen molar-refractivity contribution in [1.29, 1.82) is 0 Å². The lowest BCUT2D eigenvalue weighted by Gasteiger charge is -2.30. The van der Waals surface area contributed by atoms with E-state index in [0.29, 0.717) is 104 Å². The molecule has 1 unspecified atom stereocenters. The van der Waals surface area contributed by atoms with Crippen molar-refractivity contribution in [3.05, 3.63) is 113 Å². The number of fused-ring (bicyclic) bond motifs is 2. The second-order valence-corrected chi connectivity index (χ2v) is 27.5. The number of aryl methyl sites for hydroxylation is 1. The molecule has 2 heterocycles. The van der Waals surface area contributed by atoms with Crippen LogP contribution in [0.25, 0.3) is 0 Å². The fourth-order valence-corrected chi connectivity index (χ4v) is 12.7. The highest BCUT2D eigenvalue weighted by atomic mass is 35.5. The maximum absolute atomic E-state index is 12.8. The monoisotopic (exact) mass is 1230 g/mol. The minimum atomic E-state index is -4.64. The molecule has 3 aromatic carbocycles. The van der Waals surface area contributed by atoms with Crippen LogP contribution in [0.2, 0.25) is 0 Å². The first kappa shape index (κ1) is 66.1. The van der Waals surface area contributed by atoms with Gasteiger partial charge in [0.1, 0.15) is 6.54 Å². The molecule has 2 aliphatic heterocycles. The third kappa shape index (κ3) is 19.5. The molecule has 442 valence electrons. The standard InChI is InChI=1S/C55H75Cl2N5O14S4/c1-54(2)46-40-44(79(71,72)73)25-27-48(46)61(34-14-38-77(65,66)67)50(54)17-7-4-8-18-51-55(3,47-41-45(80(74,75)76)26-28-49(47)62(51)35-15-39-78(68,69)70)29-10-5-9-19-52(63)58-32-11-6-12-33-59-53(64)20-13-16-42-21-23-43(24-22-42)60(36-30-56)37-31-57/h4,7-8,17-18,21-28,40-41H,5-6,9-16,19-20,29-39H2,1-3H3,(H5-,58,59,63,64,65,66,67,68,69,70,71,72,73,74,75,76)/p+1. The molecule has 80 heavy (non-hydrogen) atoms. The van der Waals surface area contributed by atoms with Crippen LogP contribution in [-0.4, -0.2) is 137 Å². The summed E-state index contributed by atoms with van der Waals surface area (Å²) >= 11 is 11.9. The normalized spacial score (nSPS) is 17.0. The summed E-state index contributed by atoms with van der Waals surface area (Å²) in [4.78, 5) is 28.7. The Morgan fingerprint density at radius 2 is 1.21 bits per heavy atom. The fraction of sp³-hybridized carbons (Fsp3) is 0.509. The van der Waals surface area contributed by atoms with Crippen LogP contribution in [0.15, 0.2) is 107 Å². The Balaban J connectivity index is 1.19. The largest absolute Gasteiger partial charge is 0.369 e.